The third-order valence-corrected chi connectivity index (χ3v) is 5.98. The van der Waals surface area contributed by atoms with Crippen molar-refractivity contribution in [3.8, 4) is 5.75 Å². The molecule has 2 aromatic heterocycles. The molecule has 30 heavy (non-hydrogen) atoms. The van der Waals surface area contributed by atoms with Gasteiger partial charge in [0.2, 0.25) is 0 Å². The normalized spacial score (nSPS) is 22.1. The number of H-pyrrole nitrogens is 1. The number of hydrogen-bond donors (Lipinski definition) is 2. The fourth-order valence-corrected chi connectivity index (χ4v) is 4.66. The number of nitrogens with one attached hydrogen (secondary N) is 1. The van der Waals surface area contributed by atoms with Crippen LogP contribution in [0.1, 0.15) is 43.0 Å². The fourth-order valence-electron chi connectivity index (χ4n) is 4.66. The van der Waals surface area contributed by atoms with Crippen LogP contribution in [0.2, 0.25) is 0 Å². The van der Waals surface area contributed by atoms with Crippen LogP contribution in [0, 0.1) is 0 Å². The molecule has 1 fully saturated rings. The number of anilines is 1. The number of benzene rings is 1. The van der Waals surface area contributed by atoms with Crippen molar-refractivity contribution < 1.29 is 23.0 Å². The second kappa shape index (κ2) is 7.16. The first-order valence-corrected chi connectivity index (χ1v) is 10.0. The number of ether oxygens (including phenoxy) is 1. The minimum Gasteiger partial charge on any atom is -0.490 e. The summed E-state index contributed by atoms with van der Waals surface area (Å²) in [5, 5.41) is 11.2. The van der Waals surface area contributed by atoms with Crippen molar-refractivity contribution in [1.29, 1.82) is 0 Å². The average molecular weight is 418 g/mol. The molecule has 158 valence electrons. The lowest BCUT2D eigenvalue weighted by Gasteiger charge is -2.42. The maximum Gasteiger partial charge on any atom is 0.431 e. The predicted octanol–water partition coefficient (Wildman–Crippen LogP) is 4.22. The molecule has 0 radical (unpaired) electrons. The second-order valence-electron chi connectivity index (χ2n) is 7.85. The van der Waals surface area contributed by atoms with Gasteiger partial charge in [0.25, 0.3) is 0 Å². The van der Waals surface area contributed by atoms with Crippen LogP contribution in [-0.4, -0.2) is 38.8 Å². The molecule has 0 unspecified atom stereocenters. The molecule has 6 nitrogen and oxygen atoms in total. The van der Waals surface area contributed by atoms with Crippen LogP contribution < -0.4 is 9.64 Å². The van der Waals surface area contributed by atoms with Gasteiger partial charge < -0.3 is 19.7 Å². The van der Waals surface area contributed by atoms with E-state index in [1.807, 2.05) is 29.2 Å². The largest absolute Gasteiger partial charge is 0.490 e. The molecular formula is C21H21F3N4O2. The summed E-state index contributed by atoms with van der Waals surface area (Å²) in [5.74, 6) is 1.07. The van der Waals surface area contributed by atoms with Crippen molar-refractivity contribution >= 4 is 16.9 Å². The van der Waals surface area contributed by atoms with Gasteiger partial charge >= 0.3 is 6.18 Å². The Labute approximate surface area is 170 Å². The van der Waals surface area contributed by atoms with E-state index in [2.05, 4.69) is 15.0 Å². The molecule has 5 rings (SSSR count). The van der Waals surface area contributed by atoms with E-state index in [4.69, 9.17) is 4.74 Å². The highest BCUT2D eigenvalue weighted by Gasteiger charge is 2.40. The summed E-state index contributed by atoms with van der Waals surface area (Å²) in [6, 6.07) is 8.10. The van der Waals surface area contributed by atoms with Gasteiger partial charge in [-0.3, -0.25) is 0 Å². The van der Waals surface area contributed by atoms with Crippen LogP contribution in [0.5, 0.6) is 5.75 Å². The van der Waals surface area contributed by atoms with Crippen LogP contribution in [-0.2, 0) is 6.18 Å². The van der Waals surface area contributed by atoms with Crippen LogP contribution >= 0.6 is 0 Å². The highest BCUT2D eigenvalue weighted by atomic mass is 19.4. The summed E-state index contributed by atoms with van der Waals surface area (Å²) in [6.07, 6.45) is -0.266. The summed E-state index contributed by atoms with van der Waals surface area (Å²) in [5.41, 5.74) is 0.0743. The first-order valence-electron chi connectivity index (χ1n) is 10.0. The minimum atomic E-state index is -4.51. The molecule has 1 aromatic carbocycles. The zero-order valence-electron chi connectivity index (χ0n) is 16.1. The molecule has 1 aliphatic carbocycles. The topological polar surface area (TPSA) is 74.3 Å². The molecule has 0 amide bonds. The number of halogens is 3. The zero-order chi connectivity index (χ0) is 20.9. The highest BCUT2D eigenvalue weighted by Crippen LogP contribution is 2.44. The van der Waals surface area contributed by atoms with Gasteiger partial charge in [-0.2, -0.15) is 13.2 Å². The number of aromatic amines is 1. The standard InChI is InChI=1S/C21H21F3N4O2/c22-21(23,24)17-9-14-19(27-17)25-11-26-20(14)28(12-5-1-2-6-12)18-13-7-3-4-8-16(13)30-10-15(18)29/h3-4,7-9,11-12,15,18,29H,1-2,5-6,10H2,(H,25,26,27)/t15-,18-/m0/s1. The van der Waals surface area contributed by atoms with Crippen LogP contribution in [0.3, 0.4) is 0 Å². The maximum absolute atomic E-state index is 13.3. The van der Waals surface area contributed by atoms with E-state index in [0.717, 1.165) is 37.3 Å². The molecule has 2 atom stereocenters. The van der Waals surface area contributed by atoms with E-state index in [9.17, 15) is 18.3 Å². The van der Waals surface area contributed by atoms with E-state index in [0.29, 0.717) is 17.0 Å². The van der Waals surface area contributed by atoms with Crippen molar-refractivity contribution in [1.82, 2.24) is 15.0 Å². The Bertz CT molecular complexity index is 1060. The Balaban J connectivity index is 1.69. The SMILES string of the molecule is O[C@H]1COc2ccccc2[C@@H]1N(c1ncnc2[nH]c(C(F)(F)F)cc12)C1CCCC1. The monoisotopic (exact) mass is 418 g/mol. The Hall–Kier alpha value is -2.81. The first kappa shape index (κ1) is 19.2. The van der Waals surface area contributed by atoms with Gasteiger partial charge in [-0.25, -0.2) is 9.97 Å². The van der Waals surface area contributed by atoms with Crippen molar-refractivity contribution in [3.63, 3.8) is 0 Å². The van der Waals surface area contributed by atoms with E-state index in [1.54, 1.807) is 0 Å². The number of nitrogens with zero attached hydrogens (tertiary/aromatic N) is 3. The van der Waals surface area contributed by atoms with Crippen LogP contribution in [0.4, 0.5) is 19.0 Å². The van der Waals surface area contributed by atoms with Gasteiger partial charge in [0, 0.05) is 11.6 Å². The van der Waals surface area contributed by atoms with Crippen molar-refractivity contribution in [3.05, 3.63) is 47.9 Å². The van der Waals surface area contributed by atoms with E-state index in [-0.39, 0.29) is 18.3 Å². The number of aliphatic hydroxyl groups excluding tert-OH is 1. The molecule has 0 saturated heterocycles. The number of hydrogen-bond acceptors (Lipinski definition) is 5. The Morgan fingerprint density at radius 3 is 2.67 bits per heavy atom. The predicted molar refractivity (Wildman–Crippen MR) is 104 cm³/mol. The van der Waals surface area contributed by atoms with Gasteiger partial charge in [-0.05, 0) is 25.0 Å². The Morgan fingerprint density at radius 2 is 1.90 bits per heavy atom. The number of aromatic nitrogens is 3. The van der Waals surface area contributed by atoms with Crippen LogP contribution in [0.25, 0.3) is 11.0 Å². The van der Waals surface area contributed by atoms with Gasteiger partial charge in [0.1, 0.15) is 41.9 Å². The molecular weight excluding hydrogens is 397 g/mol. The third kappa shape index (κ3) is 3.17. The second-order valence-corrected chi connectivity index (χ2v) is 7.85. The van der Waals surface area contributed by atoms with Gasteiger partial charge in [-0.15, -0.1) is 0 Å². The molecule has 3 aromatic rings. The number of alkyl halides is 3. The van der Waals surface area contributed by atoms with E-state index in [1.165, 1.54) is 6.33 Å². The summed E-state index contributed by atoms with van der Waals surface area (Å²) >= 11 is 0. The number of aliphatic hydroxyl groups is 1. The lowest BCUT2D eigenvalue weighted by molar-refractivity contribution is -0.140. The molecule has 0 spiro atoms. The number of para-hydroxylation sites is 1. The minimum absolute atomic E-state index is 0.0538. The molecule has 1 aliphatic heterocycles. The summed E-state index contributed by atoms with van der Waals surface area (Å²) in [7, 11) is 0. The van der Waals surface area contributed by atoms with E-state index >= 15 is 0 Å². The smallest absolute Gasteiger partial charge is 0.431 e. The first-order chi connectivity index (χ1) is 14.4. The van der Waals surface area contributed by atoms with Gasteiger partial charge in [0.15, 0.2) is 0 Å². The molecule has 1 saturated carbocycles. The van der Waals surface area contributed by atoms with Gasteiger partial charge in [-0.1, -0.05) is 31.0 Å². The van der Waals surface area contributed by atoms with Crippen LogP contribution in [0.15, 0.2) is 36.7 Å². The molecule has 0 bridgehead atoms. The number of fused-ring (bicyclic) bond motifs is 2. The van der Waals surface area contributed by atoms with E-state index < -0.39 is 24.0 Å². The summed E-state index contributed by atoms with van der Waals surface area (Å²) in [4.78, 5) is 12.8. The van der Waals surface area contributed by atoms with Crippen molar-refractivity contribution in [2.75, 3.05) is 11.5 Å². The zero-order valence-corrected chi connectivity index (χ0v) is 16.1. The van der Waals surface area contributed by atoms with Gasteiger partial charge in [0.05, 0.1) is 11.4 Å². The molecule has 2 aliphatic rings. The number of rotatable bonds is 3. The molecule has 2 N–H and O–H groups in total. The molecule has 9 heteroatoms. The van der Waals surface area contributed by atoms with Crippen molar-refractivity contribution in [2.24, 2.45) is 0 Å². The quantitative estimate of drug-likeness (QED) is 0.666. The Morgan fingerprint density at radius 1 is 1.13 bits per heavy atom. The fraction of sp³-hybridized carbons (Fsp3) is 0.429. The highest BCUT2D eigenvalue weighted by molar-refractivity contribution is 5.88. The Kier molecular flexibility index (Phi) is 4.57. The third-order valence-electron chi connectivity index (χ3n) is 5.98. The average Bonchev–Trinajstić information content (AvgIpc) is 3.40. The lowest BCUT2D eigenvalue weighted by atomic mass is 9.94. The summed E-state index contributed by atoms with van der Waals surface area (Å²) in [6.45, 7) is 0.111. The van der Waals surface area contributed by atoms with Crippen molar-refractivity contribution in [2.45, 2.75) is 50.0 Å². The molecule has 3 heterocycles. The lowest BCUT2D eigenvalue weighted by Crippen LogP contribution is -2.47. The summed E-state index contributed by atoms with van der Waals surface area (Å²) < 4.78 is 45.7. The maximum atomic E-state index is 13.3.